The van der Waals surface area contributed by atoms with E-state index in [4.69, 9.17) is 9.47 Å². The molecule has 0 spiro atoms. The van der Waals surface area contributed by atoms with E-state index < -0.39 is 11.0 Å². The lowest BCUT2D eigenvalue weighted by Gasteiger charge is -2.39. The molecule has 5 nitrogen and oxygen atoms in total. The van der Waals surface area contributed by atoms with Crippen molar-refractivity contribution in [2.45, 2.75) is 52.2 Å². The molecule has 1 aromatic carbocycles. The van der Waals surface area contributed by atoms with Gasteiger partial charge in [-0.1, -0.05) is 36.4 Å². The van der Waals surface area contributed by atoms with Crippen LogP contribution in [0.5, 0.6) is 0 Å². The van der Waals surface area contributed by atoms with Crippen LogP contribution in [-0.2, 0) is 20.9 Å². The smallest absolute Gasteiger partial charge is 0.410 e. The molecule has 0 radical (unpaired) electrons. The van der Waals surface area contributed by atoms with E-state index in [1.807, 2.05) is 51.1 Å². The van der Waals surface area contributed by atoms with Crippen molar-refractivity contribution in [3.05, 3.63) is 48.6 Å². The fourth-order valence-corrected chi connectivity index (χ4v) is 3.09. The Balaban J connectivity index is 1.97. The number of amides is 1. The third-order valence-electron chi connectivity index (χ3n) is 4.55. The summed E-state index contributed by atoms with van der Waals surface area (Å²) in [5.74, 6) is -0.218. The lowest BCUT2D eigenvalue weighted by Crippen LogP contribution is -2.48. The third-order valence-corrected chi connectivity index (χ3v) is 4.55. The number of carbonyl (C=O) groups excluding carboxylic acids is 2. The number of hydrogen-bond acceptors (Lipinski definition) is 4. The lowest BCUT2D eigenvalue weighted by molar-refractivity contribution is -0.160. The molecule has 0 unspecified atom stereocenters. The molecule has 1 fully saturated rings. The van der Waals surface area contributed by atoms with Crippen molar-refractivity contribution in [2.75, 3.05) is 13.1 Å². The van der Waals surface area contributed by atoms with Gasteiger partial charge >= 0.3 is 12.1 Å². The van der Waals surface area contributed by atoms with Crippen LogP contribution in [0.2, 0.25) is 0 Å². The molecule has 1 aliphatic heterocycles. The second kappa shape index (κ2) is 8.39. The molecular weight excluding hydrogens is 330 g/mol. The Morgan fingerprint density at radius 3 is 2.35 bits per heavy atom. The predicted molar refractivity (Wildman–Crippen MR) is 101 cm³/mol. The van der Waals surface area contributed by atoms with Crippen LogP contribution in [0, 0.1) is 5.41 Å². The van der Waals surface area contributed by atoms with E-state index in [0.717, 1.165) is 5.56 Å². The molecule has 0 N–H and O–H groups in total. The molecule has 1 saturated heterocycles. The van der Waals surface area contributed by atoms with Crippen LogP contribution in [0.1, 0.15) is 45.6 Å². The topological polar surface area (TPSA) is 55.8 Å². The fourth-order valence-electron chi connectivity index (χ4n) is 3.09. The Hall–Kier alpha value is -2.30. The Morgan fingerprint density at radius 2 is 1.81 bits per heavy atom. The normalized spacial score (nSPS) is 16.7. The van der Waals surface area contributed by atoms with Gasteiger partial charge in [-0.3, -0.25) is 4.79 Å². The van der Waals surface area contributed by atoms with E-state index in [1.54, 1.807) is 11.0 Å². The molecule has 1 aromatic rings. The summed E-state index contributed by atoms with van der Waals surface area (Å²) in [6.45, 7) is 10.5. The third kappa shape index (κ3) is 5.35. The summed E-state index contributed by atoms with van der Waals surface area (Å²) in [6, 6.07) is 9.62. The summed E-state index contributed by atoms with van der Waals surface area (Å²) in [5.41, 5.74) is -0.183. The van der Waals surface area contributed by atoms with E-state index in [1.165, 1.54) is 0 Å². The average molecular weight is 359 g/mol. The maximum Gasteiger partial charge on any atom is 0.410 e. The highest BCUT2D eigenvalue weighted by atomic mass is 16.6. The summed E-state index contributed by atoms with van der Waals surface area (Å²) < 4.78 is 11.0. The zero-order valence-corrected chi connectivity index (χ0v) is 16.0. The highest BCUT2D eigenvalue weighted by molar-refractivity contribution is 5.78. The zero-order valence-electron chi connectivity index (χ0n) is 16.0. The number of likely N-dealkylation sites (tertiary alicyclic amines) is 1. The molecule has 142 valence electrons. The van der Waals surface area contributed by atoms with Gasteiger partial charge in [0, 0.05) is 13.1 Å². The molecule has 0 bridgehead atoms. The van der Waals surface area contributed by atoms with Crippen LogP contribution >= 0.6 is 0 Å². The van der Waals surface area contributed by atoms with Crippen LogP contribution in [0.15, 0.2) is 43.0 Å². The number of esters is 1. The van der Waals surface area contributed by atoms with Gasteiger partial charge in [0.1, 0.15) is 12.2 Å². The Labute approximate surface area is 156 Å². The van der Waals surface area contributed by atoms with Gasteiger partial charge in [-0.15, -0.1) is 6.58 Å². The number of hydrogen-bond donors (Lipinski definition) is 0. The monoisotopic (exact) mass is 359 g/mol. The van der Waals surface area contributed by atoms with E-state index in [2.05, 4.69) is 6.58 Å². The molecular formula is C21H29NO4. The highest BCUT2D eigenvalue weighted by Gasteiger charge is 2.43. The maximum atomic E-state index is 12.8. The van der Waals surface area contributed by atoms with E-state index >= 15 is 0 Å². The zero-order chi connectivity index (χ0) is 19.2. The molecule has 0 aliphatic carbocycles. The first-order valence-corrected chi connectivity index (χ1v) is 9.06. The molecule has 26 heavy (non-hydrogen) atoms. The number of allylic oxidation sites excluding steroid dienone is 1. The molecule has 1 heterocycles. The Morgan fingerprint density at radius 1 is 1.19 bits per heavy atom. The van der Waals surface area contributed by atoms with Crippen molar-refractivity contribution in [3.63, 3.8) is 0 Å². The minimum Gasteiger partial charge on any atom is -0.460 e. The van der Waals surface area contributed by atoms with Crippen molar-refractivity contribution >= 4 is 12.1 Å². The van der Waals surface area contributed by atoms with Gasteiger partial charge in [-0.05, 0) is 45.6 Å². The van der Waals surface area contributed by atoms with Crippen molar-refractivity contribution in [1.29, 1.82) is 0 Å². The number of piperidine rings is 1. The van der Waals surface area contributed by atoms with Gasteiger partial charge in [0.2, 0.25) is 0 Å². The van der Waals surface area contributed by atoms with Crippen LogP contribution in [0.4, 0.5) is 4.79 Å². The van der Waals surface area contributed by atoms with Gasteiger partial charge in [0.05, 0.1) is 5.41 Å². The van der Waals surface area contributed by atoms with Crippen LogP contribution < -0.4 is 0 Å². The largest absolute Gasteiger partial charge is 0.460 e. The van der Waals surface area contributed by atoms with Gasteiger partial charge < -0.3 is 14.4 Å². The van der Waals surface area contributed by atoms with Crippen LogP contribution in [0.3, 0.4) is 0 Å². The summed E-state index contributed by atoms with van der Waals surface area (Å²) in [5, 5.41) is 0. The average Bonchev–Trinajstić information content (AvgIpc) is 2.60. The molecule has 5 heteroatoms. The van der Waals surface area contributed by atoms with E-state index in [-0.39, 0.29) is 18.7 Å². The molecule has 0 atom stereocenters. The van der Waals surface area contributed by atoms with E-state index in [9.17, 15) is 9.59 Å². The SMILES string of the molecule is C=CCC1(C(=O)OCc2ccccc2)CCN(C(=O)OC(C)(C)C)CC1. The molecule has 0 aromatic heterocycles. The second-order valence-corrected chi connectivity index (χ2v) is 7.80. The molecule has 0 saturated carbocycles. The first-order chi connectivity index (χ1) is 12.3. The predicted octanol–water partition coefficient (Wildman–Crippen LogP) is 4.32. The first kappa shape index (κ1) is 20.0. The van der Waals surface area contributed by atoms with Crippen molar-refractivity contribution in [1.82, 2.24) is 4.90 Å². The van der Waals surface area contributed by atoms with Crippen LogP contribution in [-0.4, -0.2) is 35.7 Å². The van der Waals surface area contributed by atoms with Gasteiger partial charge in [0.25, 0.3) is 0 Å². The fraction of sp³-hybridized carbons (Fsp3) is 0.524. The lowest BCUT2D eigenvalue weighted by atomic mass is 9.75. The minimum absolute atomic E-state index is 0.218. The number of carbonyl (C=O) groups is 2. The van der Waals surface area contributed by atoms with Crippen molar-refractivity contribution < 1.29 is 19.1 Å². The minimum atomic E-state index is -0.616. The number of ether oxygens (including phenoxy) is 2. The van der Waals surface area contributed by atoms with Gasteiger partial charge in [-0.2, -0.15) is 0 Å². The van der Waals surface area contributed by atoms with Gasteiger partial charge in [0.15, 0.2) is 0 Å². The summed E-state index contributed by atoms with van der Waals surface area (Å²) in [6.07, 6.45) is 3.07. The summed E-state index contributed by atoms with van der Waals surface area (Å²) in [4.78, 5) is 26.7. The van der Waals surface area contributed by atoms with Crippen molar-refractivity contribution in [3.8, 4) is 0 Å². The molecule has 1 aliphatic rings. The standard InChI is InChI=1S/C21H29NO4/c1-5-11-21(18(23)25-16-17-9-7-6-8-10-17)12-14-22(15-13-21)19(24)26-20(2,3)4/h5-10H,1,11-16H2,2-4H3. The molecule has 1 amide bonds. The Bertz CT molecular complexity index is 625. The van der Waals surface area contributed by atoms with E-state index in [0.29, 0.717) is 32.4 Å². The van der Waals surface area contributed by atoms with Crippen LogP contribution in [0.25, 0.3) is 0 Å². The second-order valence-electron chi connectivity index (χ2n) is 7.80. The summed E-state index contributed by atoms with van der Waals surface area (Å²) >= 11 is 0. The number of rotatable bonds is 5. The highest BCUT2D eigenvalue weighted by Crippen LogP contribution is 2.37. The first-order valence-electron chi connectivity index (χ1n) is 9.06. The Kier molecular flexibility index (Phi) is 6.46. The molecule has 2 rings (SSSR count). The maximum absolute atomic E-state index is 12.8. The number of benzene rings is 1. The van der Waals surface area contributed by atoms with Crippen molar-refractivity contribution in [2.24, 2.45) is 5.41 Å². The van der Waals surface area contributed by atoms with Gasteiger partial charge in [-0.25, -0.2) is 4.79 Å². The summed E-state index contributed by atoms with van der Waals surface area (Å²) in [7, 11) is 0. The quantitative estimate of drug-likeness (QED) is 0.580. The number of nitrogens with zero attached hydrogens (tertiary/aromatic N) is 1.